The normalized spacial score (nSPS) is 18.5. The highest BCUT2D eigenvalue weighted by molar-refractivity contribution is 5.68. The number of fused-ring (bicyclic) bond motifs is 1. The number of hydrogen-bond acceptors (Lipinski definition) is 5. The third kappa shape index (κ3) is 2.38. The first-order valence-electron chi connectivity index (χ1n) is 8.39. The summed E-state index contributed by atoms with van der Waals surface area (Å²) < 4.78 is 7.31. The number of hydrogen-bond donors (Lipinski definition) is 1. The van der Waals surface area contributed by atoms with Gasteiger partial charge in [0.2, 0.25) is 0 Å². The lowest BCUT2D eigenvalue weighted by molar-refractivity contribution is 0.153. The lowest BCUT2D eigenvalue weighted by atomic mass is 10.1. The molecule has 0 aromatic carbocycles. The monoisotopic (exact) mass is 326 g/mol. The van der Waals surface area contributed by atoms with Gasteiger partial charge in [-0.2, -0.15) is 9.61 Å². The maximum Gasteiger partial charge on any atom is 0.158 e. The van der Waals surface area contributed by atoms with Crippen molar-refractivity contribution in [2.24, 2.45) is 0 Å². The van der Waals surface area contributed by atoms with Crippen LogP contribution in [0.3, 0.4) is 0 Å². The number of nitrogens with zero attached hydrogens (tertiary/aromatic N) is 4. The molecule has 1 atom stereocenters. The van der Waals surface area contributed by atoms with Gasteiger partial charge in [0.25, 0.3) is 0 Å². The SMILES string of the molecule is Cc1nc2cc(-c3ccoc3C)nn2c(N2CCCC(O)C2)c1C. The van der Waals surface area contributed by atoms with Gasteiger partial charge in [0, 0.05) is 36.0 Å². The van der Waals surface area contributed by atoms with Crippen molar-refractivity contribution in [1.82, 2.24) is 14.6 Å². The number of furan rings is 1. The molecule has 1 saturated heterocycles. The van der Waals surface area contributed by atoms with Crippen molar-refractivity contribution in [3.63, 3.8) is 0 Å². The van der Waals surface area contributed by atoms with E-state index in [9.17, 15) is 5.11 Å². The molecule has 0 radical (unpaired) electrons. The zero-order valence-corrected chi connectivity index (χ0v) is 14.3. The summed E-state index contributed by atoms with van der Waals surface area (Å²) in [7, 11) is 0. The van der Waals surface area contributed by atoms with Crippen LogP contribution in [-0.2, 0) is 0 Å². The van der Waals surface area contributed by atoms with E-state index in [-0.39, 0.29) is 6.10 Å². The van der Waals surface area contributed by atoms with E-state index in [0.717, 1.165) is 59.1 Å². The second-order valence-corrected chi connectivity index (χ2v) is 6.58. The zero-order valence-electron chi connectivity index (χ0n) is 14.3. The molecule has 4 heterocycles. The topological polar surface area (TPSA) is 66.8 Å². The van der Waals surface area contributed by atoms with Crippen molar-refractivity contribution < 1.29 is 9.52 Å². The van der Waals surface area contributed by atoms with E-state index in [1.807, 2.05) is 30.5 Å². The number of anilines is 1. The first-order chi connectivity index (χ1) is 11.5. The Morgan fingerprint density at radius 2 is 2.12 bits per heavy atom. The summed E-state index contributed by atoms with van der Waals surface area (Å²) in [4.78, 5) is 6.92. The van der Waals surface area contributed by atoms with Crippen LogP contribution in [0, 0.1) is 20.8 Å². The fourth-order valence-electron chi connectivity index (χ4n) is 3.48. The highest BCUT2D eigenvalue weighted by Crippen LogP contribution is 2.30. The van der Waals surface area contributed by atoms with E-state index in [1.54, 1.807) is 6.26 Å². The second kappa shape index (κ2) is 5.63. The average Bonchev–Trinajstić information content (AvgIpc) is 3.14. The van der Waals surface area contributed by atoms with Crippen LogP contribution < -0.4 is 4.90 Å². The van der Waals surface area contributed by atoms with Gasteiger partial charge in [0.05, 0.1) is 18.1 Å². The summed E-state index contributed by atoms with van der Waals surface area (Å²) in [6, 6.07) is 3.93. The number of aryl methyl sites for hydroxylation is 2. The van der Waals surface area contributed by atoms with Gasteiger partial charge in [-0.3, -0.25) is 0 Å². The molecule has 1 aliphatic rings. The Balaban J connectivity index is 1.90. The molecule has 6 nitrogen and oxygen atoms in total. The molecule has 1 fully saturated rings. The van der Waals surface area contributed by atoms with Gasteiger partial charge in [-0.05, 0) is 39.7 Å². The minimum absolute atomic E-state index is 0.284. The van der Waals surface area contributed by atoms with E-state index >= 15 is 0 Å². The molecule has 126 valence electrons. The van der Waals surface area contributed by atoms with Crippen molar-refractivity contribution in [3.8, 4) is 11.3 Å². The molecule has 6 heteroatoms. The van der Waals surface area contributed by atoms with Gasteiger partial charge in [0.15, 0.2) is 5.65 Å². The molecular formula is C18H22N4O2. The number of rotatable bonds is 2. The third-order valence-corrected chi connectivity index (χ3v) is 4.88. The van der Waals surface area contributed by atoms with E-state index in [2.05, 4.69) is 11.8 Å². The minimum Gasteiger partial charge on any atom is -0.469 e. The molecule has 1 aliphatic heterocycles. The van der Waals surface area contributed by atoms with Crippen LogP contribution >= 0.6 is 0 Å². The summed E-state index contributed by atoms with van der Waals surface area (Å²) in [5, 5.41) is 14.9. The molecular weight excluding hydrogens is 304 g/mol. The minimum atomic E-state index is -0.284. The van der Waals surface area contributed by atoms with Crippen molar-refractivity contribution in [2.45, 2.75) is 39.7 Å². The van der Waals surface area contributed by atoms with Gasteiger partial charge < -0.3 is 14.4 Å². The number of aliphatic hydroxyl groups is 1. The van der Waals surface area contributed by atoms with Gasteiger partial charge >= 0.3 is 0 Å². The standard InChI is InChI=1S/C18H22N4O2/c1-11-12(2)19-17-9-16(15-6-8-24-13(15)3)20-22(17)18(11)21-7-4-5-14(23)10-21/h6,8-9,14,23H,4-5,7,10H2,1-3H3. The lowest BCUT2D eigenvalue weighted by Gasteiger charge is -2.33. The van der Waals surface area contributed by atoms with Crippen LogP contribution in [0.15, 0.2) is 22.8 Å². The Hall–Kier alpha value is -2.34. The summed E-state index contributed by atoms with van der Waals surface area (Å²) in [5.41, 5.74) is 4.77. The molecule has 0 bridgehead atoms. The maximum atomic E-state index is 10.1. The molecule has 0 aliphatic carbocycles. The van der Waals surface area contributed by atoms with Gasteiger partial charge in [-0.1, -0.05) is 0 Å². The van der Waals surface area contributed by atoms with E-state index in [4.69, 9.17) is 14.5 Å². The van der Waals surface area contributed by atoms with Gasteiger partial charge in [-0.15, -0.1) is 0 Å². The first kappa shape index (κ1) is 15.2. The number of aromatic nitrogens is 3. The number of β-amino-alcohol motifs (C(OH)–C–C–N with tert-alkyl or cyclic N) is 1. The molecule has 24 heavy (non-hydrogen) atoms. The summed E-state index contributed by atoms with van der Waals surface area (Å²) in [5.74, 6) is 1.88. The van der Waals surface area contributed by atoms with Crippen LogP contribution in [0.4, 0.5) is 5.82 Å². The van der Waals surface area contributed by atoms with Crippen molar-refractivity contribution in [3.05, 3.63) is 35.4 Å². The molecule has 3 aromatic rings. The molecule has 0 spiro atoms. The summed E-state index contributed by atoms with van der Waals surface area (Å²) >= 11 is 0. The second-order valence-electron chi connectivity index (χ2n) is 6.58. The summed E-state index contributed by atoms with van der Waals surface area (Å²) in [6.07, 6.45) is 3.24. The van der Waals surface area contributed by atoms with Crippen molar-refractivity contribution >= 4 is 11.5 Å². The van der Waals surface area contributed by atoms with Gasteiger partial charge in [0.1, 0.15) is 11.6 Å². The maximum absolute atomic E-state index is 10.1. The molecule has 1 unspecified atom stereocenters. The molecule has 0 amide bonds. The summed E-state index contributed by atoms with van der Waals surface area (Å²) in [6.45, 7) is 7.60. The van der Waals surface area contributed by atoms with Crippen molar-refractivity contribution in [2.75, 3.05) is 18.0 Å². The number of aliphatic hydroxyl groups excluding tert-OH is 1. The highest BCUT2D eigenvalue weighted by atomic mass is 16.3. The largest absolute Gasteiger partial charge is 0.469 e. The Labute approximate surface area is 140 Å². The molecule has 0 saturated carbocycles. The van der Waals surface area contributed by atoms with Crippen molar-refractivity contribution in [1.29, 1.82) is 0 Å². The van der Waals surface area contributed by atoms with E-state index in [0.29, 0.717) is 6.54 Å². The third-order valence-electron chi connectivity index (χ3n) is 4.88. The Bertz CT molecular complexity index is 896. The Kier molecular flexibility index (Phi) is 3.57. The Morgan fingerprint density at radius 1 is 1.29 bits per heavy atom. The predicted molar refractivity (Wildman–Crippen MR) is 92.4 cm³/mol. The Morgan fingerprint density at radius 3 is 2.83 bits per heavy atom. The quantitative estimate of drug-likeness (QED) is 0.784. The fraction of sp³-hybridized carbons (Fsp3) is 0.444. The van der Waals surface area contributed by atoms with Crippen LogP contribution in [0.25, 0.3) is 16.9 Å². The van der Waals surface area contributed by atoms with Gasteiger partial charge in [-0.25, -0.2) is 4.98 Å². The smallest absolute Gasteiger partial charge is 0.158 e. The lowest BCUT2D eigenvalue weighted by Crippen LogP contribution is -2.40. The molecule has 1 N–H and O–H groups in total. The molecule has 3 aromatic heterocycles. The zero-order chi connectivity index (χ0) is 16.8. The van der Waals surface area contributed by atoms with Crippen LogP contribution in [0.2, 0.25) is 0 Å². The average molecular weight is 326 g/mol. The van der Waals surface area contributed by atoms with Crippen LogP contribution in [0.1, 0.15) is 29.9 Å². The van der Waals surface area contributed by atoms with E-state index in [1.165, 1.54) is 0 Å². The van der Waals surface area contributed by atoms with Crippen LogP contribution in [0.5, 0.6) is 0 Å². The number of piperidine rings is 1. The van der Waals surface area contributed by atoms with Crippen LogP contribution in [-0.4, -0.2) is 38.9 Å². The predicted octanol–water partition coefficient (Wildman–Crippen LogP) is 2.88. The first-order valence-corrected chi connectivity index (χ1v) is 8.39. The fourth-order valence-corrected chi connectivity index (χ4v) is 3.48. The molecule has 4 rings (SSSR count). The van der Waals surface area contributed by atoms with E-state index < -0.39 is 0 Å². The highest BCUT2D eigenvalue weighted by Gasteiger charge is 2.24.